The molecular weight excluding hydrogens is 256 g/mol. The number of urea groups is 1. The number of hydrogen-bond acceptors (Lipinski definition) is 3. The number of carbonyl (C=O) groups excluding carboxylic acids is 1. The monoisotopic (exact) mass is 276 g/mol. The second-order valence-electron chi connectivity index (χ2n) is 4.76. The van der Waals surface area contributed by atoms with E-state index in [2.05, 4.69) is 11.9 Å². The quantitative estimate of drug-likeness (QED) is 0.860. The molecule has 1 aliphatic rings. The van der Waals surface area contributed by atoms with Gasteiger partial charge in [-0.1, -0.05) is 12.2 Å². The van der Waals surface area contributed by atoms with Gasteiger partial charge in [0.2, 0.25) is 0 Å². The smallest absolute Gasteiger partial charge is 0.322 e. The van der Waals surface area contributed by atoms with Crippen molar-refractivity contribution in [3.8, 4) is 11.5 Å². The Morgan fingerprint density at radius 3 is 2.70 bits per heavy atom. The first-order chi connectivity index (χ1) is 9.60. The first-order valence-electron chi connectivity index (χ1n) is 6.70. The summed E-state index contributed by atoms with van der Waals surface area (Å²) in [6.45, 7) is 9.93. The number of hydrogen-bond donors (Lipinski definition) is 1. The Hall–Kier alpha value is -2.17. The molecule has 0 aliphatic carbocycles. The van der Waals surface area contributed by atoms with Crippen molar-refractivity contribution in [2.75, 3.05) is 31.6 Å². The zero-order valence-electron chi connectivity index (χ0n) is 11.9. The topological polar surface area (TPSA) is 50.8 Å². The Morgan fingerprint density at radius 2 is 2.05 bits per heavy atom. The third-order valence-electron chi connectivity index (χ3n) is 2.92. The van der Waals surface area contributed by atoms with Crippen LogP contribution in [0.1, 0.15) is 13.8 Å². The molecule has 5 heteroatoms. The minimum absolute atomic E-state index is 0.146. The van der Waals surface area contributed by atoms with Crippen LogP contribution < -0.4 is 14.8 Å². The molecule has 0 spiro atoms. The lowest BCUT2D eigenvalue weighted by Gasteiger charge is -2.22. The molecule has 0 radical (unpaired) electrons. The number of nitrogens with one attached hydrogen (secondary N) is 1. The van der Waals surface area contributed by atoms with Crippen LogP contribution in [0, 0.1) is 0 Å². The van der Waals surface area contributed by atoms with Gasteiger partial charge in [0, 0.05) is 24.8 Å². The maximum atomic E-state index is 12.1. The molecular formula is C15H20N2O3. The summed E-state index contributed by atoms with van der Waals surface area (Å²) in [5.74, 6) is 1.38. The first-order valence-corrected chi connectivity index (χ1v) is 6.70. The molecule has 0 aromatic heterocycles. The number of nitrogens with zero attached hydrogens (tertiary/aromatic N) is 1. The molecule has 0 saturated carbocycles. The molecule has 0 atom stereocenters. The summed E-state index contributed by atoms with van der Waals surface area (Å²) in [5, 5.41) is 2.86. The summed E-state index contributed by atoms with van der Waals surface area (Å²) in [4.78, 5) is 13.8. The highest BCUT2D eigenvalue weighted by Gasteiger charge is 2.15. The lowest BCUT2D eigenvalue weighted by molar-refractivity contribution is 0.171. The summed E-state index contributed by atoms with van der Waals surface area (Å²) in [7, 11) is 0. The molecule has 108 valence electrons. The average Bonchev–Trinajstić information content (AvgIpc) is 2.44. The van der Waals surface area contributed by atoms with Crippen molar-refractivity contribution in [2.24, 2.45) is 0 Å². The van der Waals surface area contributed by atoms with E-state index in [9.17, 15) is 4.79 Å². The Bertz CT molecular complexity index is 514. The van der Waals surface area contributed by atoms with E-state index in [1.807, 2.05) is 13.8 Å². The summed E-state index contributed by atoms with van der Waals surface area (Å²) in [6.07, 6.45) is 0. The van der Waals surface area contributed by atoms with Gasteiger partial charge in [0.05, 0.1) is 0 Å². The van der Waals surface area contributed by atoms with Crippen molar-refractivity contribution in [2.45, 2.75) is 13.8 Å². The molecule has 20 heavy (non-hydrogen) atoms. The predicted molar refractivity (Wildman–Crippen MR) is 78.5 cm³/mol. The number of likely N-dealkylation sites (N-methyl/N-ethyl adjacent to an activating group) is 1. The standard InChI is InChI=1S/C15H20N2O3/c1-4-17(10-11(2)3)15(18)16-12-5-6-13-14(9-12)20-8-7-19-13/h5-6,9H,2,4,7-8,10H2,1,3H3,(H,16,18). The molecule has 1 N–H and O–H groups in total. The summed E-state index contributed by atoms with van der Waals surface area (Å²) in [6, 6.07) is 5.24. The zero-order chi connectivity index (χ0) is 14.5. The minimum atomic E-state index is -0.146. The van der Waals surface area contributed by atoms with E-state index in [1.165, 1.54) is 0 Å². The Kier molecular flexibility index (Phi) is 4.50. The molecule has 2 rings (SSSR count). The Balaban J connectivity index is 2.05. The van der Waals surface area contributed by atoms with E-state index in [-0.39, 0.29) is 6.03 Å². The van der Waals surface area contributed by atoms with Gasteiger partial charge in [-0.15, -0.1) is 0 Å². The summed E-state index contributed by atoms with van der Waals surface area (Å²) in [5.41, 5.74) is 1.64. The predicted octanol–water partition coefficient (Wildman–Crippen LogP) is 2.89. The van der Waals surface area contributed by atoms with Gasteiger partial charge in [0.15, 0.2) is 11.5 Å². The fourth-order valence-corrected chi connectivity index (χ4v) is 1.98. The fourth-order valence-electron chi connectivity index (χ4n) is 1.98. The number of amides is 2. The normalized spacial score (nSPS) is 12.7. The van der Waals surface area contributed by atoms with Crippen molar-refractivity contribution in [1.29, 1.82) is 0 Å². The number of carbonyl (C=O) groups is 1. The van der Waals surface area contributed by atoms with Gasteiger partial charge >= 0.3 is 6.03 Å². The Labute approximate surface area is 119 Å². The van der Waals surface area contributed by atoms with Gasteiger partial charge < -0.3 is 19.7 Å². The molecule has 5 nitrogen and oxygen atoms in total. The highest BCUT2D eigenvalue weighted by molar-refractivity contribution is 5.89. The van der Waals surface area contributed by atoms with Crippen molar-refractivity contribution in [3.05, 3.63) is 30.4 Å². The summed E-state index contributed by atoms with van der Waals surface area (Å²) < 4.78 is 10.9. The zero-order valence-corrected chi connectivity index (χ0v) is 11.9. The van der Waals surface area contributed by atoms with Crippen LogP contribution in [0.2, 0.25) is 0 Å². The van der Waals surface area contributed by atoms with Gasteiger partial charge in [-0.3, -0.25) is 0 Å². The van der Waals surface area contributed by atoms with Gasteiger partial charge in [0.25, 0.3) is 0 Å². The van der Waals surface area contributed by atoms with E-state index < -0.39 is 0 Å². The number of rotatable bonds is 4. The molecule has 0 fully saturated rings. The SMILES string of the molecule is C=C(C)CN(CC)C(=O)Nc1ccc2c(c1)OCCO2. The number of fused-ring (bicyclic) bond motifs is 1. The molecule has 1 aromatic rings. The van der Waals surface area contributed by atoms with Gasteiger partial charge in [-0.05, 0) is 26.0 Å². The van der Waals surface area contributed by atoms with E-state index in [0.29, 0.717) is 43.5 Å². The highest BCUT2D eigenvalue weighted by Crippen LogP contribution is 2.32. The van der Waals surface area contributed by atoms with Crippen LogP contribution in [-0.2, 0) is 0 Å². The van der Waals surface area contributed by atoms with Crippen LogP contribution in [0.3, 0.4) is 0 Å². The molecule has 0 unspecified atom stereocenters. The molecule has 1 heterocycles. The fraction of sp³-hybridized carbons (Fsp3) is 0.400. The Morgan fingerprint density at radius 1 is 1.35 bits per heavy atom. The van der Waals surface area contributed by atoms with Crippen molar-refractivity contribution < 1.29 is 14.3 Å². The first kappa shape index (κ1) is 14.2. The molecule has 0 bridgehead atoms. The van der Waals surface area contributed by atoms with Crippen LogP contribution >= 0.6 is 0 Å². The average molecular weight is 276 g/mol. The van der Waals surface area contributed by atoms with Crippen LogP contribution in [-0.4, -0.2) is 37.2 Å². The second-order valence-corrected chi connectivity index (χ2v) is 4.76. The summed E-state index contributed by atoms with van der Waals surface area (Å²) >= 11 is 0. The largest absolute Gasteiger partial charge is 0.486 e. The number of benzene rings is 1. The van der Waals surface area contributed by atoms with E-state index in [0.717, 1.165) is 5.57 Å². The van der Waals surface area contributed by atoms with Crippen molar-refractivity contribution >= 4 is 11.7 Å². The van der Waals surface area contributed by atoms with Gasteiger partial charge in [-0.25, -0.2) is 4.79 Å². The lowest BCUT2D eigenvalue weighted by Crippen LogP contribution is -2.35. The molecule has 1 aliphatic heterocycles. The number of anilines is 1. The lowest BCUT2D eigenvalue weighted by atomic mass is 10.2. The van der Waals surface area contributed by atoms with E-state index in [4.69, 9.17) is 9.47 Å². The van der Waals surface area contributed by atoms with E-state index >= 15 is 0 Å². The van der Waals surface area contributed by atoms with Crippen LogP contribution in [0.25, 0.3) is 0 Å². The third kappa shape index (κ3) is 3.44. The van der Waals surface area contributed by atoms with Gasteiger partial charge in [0.1, 0.15) is 13.2 Å². The van der Waals surface area contributed by atoms with E-state index in [1.54, 1.807) is 23.1 Å². The second kappa shape index (κ2) is 6.32. The maximum Gasteiger partial charge on any atom is 0.322 e. The minimum Gasteiger partial charge on any atom is -0.486 e. The van der Waals surface area contributed by atoms with Crippen LogP contribution in [0.5, 0.6) is 11.5 Å². The van der Waals surface area contributed by atoms with Crippen LogP contribution in [0.15, 0.2) is 30.4 Å². The molecule has 2 amide bonds. The third-order valence-corrected chi connectivity index (χ3v) is 2.92. The molecule has 0 saturated heterocycles. The number of ether oxygens (including phenoxy) is 2. The molecule has 1 aromatic carbocycles. The van der Waals surface area contributed by atoms with Crippen molar-refractivity contribution in [3.63, 3.8) is 0 Å². The maximum absolute atomic E-state index is 12.1. The van der Waals surface area contributed by atoms with Crippen LogP contribution in [0.4, 0.5) is 10.5 Å². The highest BCUT2D eigenvalue weighted by atomic mass is 16.6. The van der Waals surface area contributed by atoms with Gasteiger partial charge in [-0.2, -0.15) is 0 Å². The van der Waals surface area contributed by atoms with Crippen molar-refractivity contribution in [1.82, 2.24) is 4.90 Å².